The minimum absolute atomic E-state index is 0.0249. The highest BCUT2D eigenvalue weighted by Gasteiger charge is 2.50. The van der Waals surface area contributed by atoms with E-state index in [1.54, 1.807) is 0 Å². The molecule has 0 aromatic rings. The third-order valence-electron chi connectivity index (χ3n) is 2.41. The number of rotatable bonds is 5. The topological polar surface area (TPSA) is 38.3 Å². The Balaban J connectivity index is 2.33. The van der Waals surface area contributed by atoms with Gasteiger partial charge in [0.05, 0.1) is 12.0 Å². The Kier molecular flexibility index (Phi) is 3.31. The molecule has 0 saturated heterocycles. The number of hydrogen-bond acceptors (Lipinski definition) is 3. The predicted molar refractivity (Wildman–Crippen MR) is 51.4 cm³/mol. The zero-order valence-corrected chi connectivity index (χ0v) is 8.72. The first-order valence-corrected chi connectivity index (χ1v) is 5.01. The van der Waals surface area contributed by atoms with Crippen LogP contribution in [0.2, 0.25) is 0 Å². The van der Waals surface area contributed by atoms with Crippen molar-refractivity contribution in [3.8, 4) is 0 Å². The maximum atomic E-state index is 11.5. The Bertz CT molecular complexity index is 185. The molecule has 0 amide bonds. The molecule has 1 aliphatic rings. The molecule has 0 spiro atoms. The van der Waals surface area contributed by atoms with Crippen molar-refractivity contribution >= 4 is 5.97 Å². The SMILES string of the molecule is CCOC(=O)C1(CNC(C)C)CC1. The summed E-state index contributed by atoms with van der Waals surface area (Å²) < 4.78 is 5.02. The number of carbonyl (C=O) groups excluding carboxylic acids is 1. The lowest BCUT2D eigenvalue weighted by molar-refractivity contribution is -0.149. The van der Waals surface area contributed by atoms with Gasteiger partial charge in [-0.15, -0.1) is 0 Å². The molecule has 0 atom stereocenters. The molecule has 76 valence electrons. The van der Waals surface area contributed by atoms with Gasteiger partial charge in [-0.3, -0.25) is 4.79 Å². The molecule has 13 heavy (non-hydrogen) atoms. The van der Waals surface area contributed by atoms with E-state index in [1.165, 1.54) is 0 Å². The lowest BCUT2D eigenvalue weighted by Crippen LogP contribution is -2.35. The van der Waals surface area contributed by atoms with Gasteiger partial charge in [0.2, 0.25) is 0 Å². The summed E-state index contributed by atoms with van der Waals surface area (Å²) in [4.78, 5) is 11.5. The zero-order valence-electron chi connectivity index (χ0n) is 8.72. The standard InChI is InChI=1S/C10H19NO2/c1-4-13-9(12)10(5-6-10)7-11-8(2)3/h8,11H,4-7H2,1-3H3. The Hall–Kier alpha value is -0.570. The molecule has 1 fully saturated rings. The minimum atomic E-state index is -0.180. The Morgan fingerprint density at radius 2 is 2.15 bits per heavy atom. The third kappa shape index (κ3) is 2.69. The predicted octanol–water partition coefficient (Wildman–Crippen LogP) is 1.33. The quantitative estimate of drug-likeness (QED) is 0.657. The van der Waals surface area contributed by atoms with Crippen LogP contribution in [0, 0.1) is 5.41 Å². The lowest BCUT2D eigenvalue weighted by atomic mass is 10.1. The number of nitrogens with one attached hydrogen (secondary N) is 1. The van der Waals surface area contributed by atoms with Gasteiger partial charge in [0.25, 0.3) is 0 Å². The average Bonchev–Trinajstić information content (AvgIpc) is 2.82. The summed E-state index contributed by atoms with van der Waals surface area (Å²) in [7, 11) is 0. The van der Waals surface area contributed by atoms with Gasteiger partial charge in [-0.05, 0) is 19.8 Å². The van der Waals surface area contributed by atoms with E-state index in [4.69, 9.17) is 4.74 Å². The first-order chi connectivity index (χ1) is 6.10. The molecule has 1 saturated carbocycles. The second kappa shape index (κ2) is 4.09. The van der Waals surface area contributed by atoms with E-state index < -0.39 is 0 Å². The van der Waals surface area contributed by atoms with E-state index in [1.807, 2.05) is 6.92 Å². The normalized spacial score (nSPS) is 18.8. The monoisotopic (exact) mass is 185 g/mol. The van der Waals surface area contributed by atoms with Crippen LogP contribution in [0.5, 0.6) is 0 Å². The van der Waals surface area contributed by atoms with Crippen molar-refractivity contribution in [2.45, 2.75) is 39.7 Å². The van der Waals surface area contributed by atoms with Crippen LogP contribution in [-0.2, 0) is 9.53 Å². The van der Waals surface area contributed by atoms with Gasteiger partial charge in [0, 0.05) is 12.6 Å². The highest BCUT2D eigenvalue weighted by atomic mass is 16.5. The molecular weight excluding hydrogens is 166 g/mol. The van der Waals surface area contributed by atoms with Crippen LogP contribution in [0.25, 0.3) is 0 Å². The highest BCUT2D eigenvalue weighted by molar-refractivity contribution is 5.80. The van der Waals surface area contributed by atoms with Gasteiger partial charge in [-0.25, -0.2) is 0 Å². The molecule has 1 N–H and O–H groups in total. The number of esters is 1. The van der Waals surface area contributed by atoms with Gasteiger partial charge >= 0.3 is 5.97 Å². The van der Waals surface area contributed by atoms with Gasteiger partial charge in [-0.2, -0.15) is 0 Å². The summed E-state index contributed by atoms with van der Waals surface area (Å²) in [5.74, 6) is -0.0249. The molecule has 0 heterocycles. The van der Waals surface area contributed by atoms with Gasteiger partial charge < -0.3 is 10.1 Å². The van der Waals surface area contributed by atoms with E-state index in [9.17, 15) is 4.79 Å². The third-order valence-corrected chi connectivity index (χ3v) is 2.41. The first-order valence-electron chi connectivity index (χ1n) is 5.01. The molecular formula is C10H19NO2. The first kappa shape index (κ1) is 10.5. The van der Waals surface area contributed by atoms with E-state index in [-0.39, 0.29) is 11.4 Å². The minimum Gasteiger partial charge on any atom is -0.466 e. The van der Waals surface area contributed by atoms with Crippen LogP contribution >= 0.6 is 0 Å². The van der Waals surface area contributed by atoms with Crippen molar-refractivity contribution in [3.63, 3.8) is 0 Å². The van der Waals surface area contributed by atoms with Crippen molar-refractivity contribution in [1.82, 2.24) is 5.32 Å². The number of carbonyl (C=O) groups is 1. The van der Waals surface area contributed by atoms with Crippen molar-refractivity contribution < 1.29 is 9.53 Å². The van der Waals surface area contributed by atoms with Crippen LogP contribution < -0.4 is 5.32 Å². The van der Waals surface area contributed by atoms with Crippen molar-refractivity contribution in [2.75, 3.05) is 13.2 Å². The second-order valence-corrected chi connectivity index (χ2v) is 4.04. The fourth-order valence-corrected chi connectivity index (χ4v) is 1.29. The highest BCUT2D eigenvalue weighted by Crippen LogP contribution is 2.46. The molecule has 0 unspecified atom stereocenters. The molecule has 0 radical (unpaired) electrons. The summed E-state index contributed by atoms with van der Waals surface area (Å²) in [6.07, 6.45) is 1.96. The summed E-state index contributed by atoms with van der Waals surface area (Å²) in [5.41, 5.74) is -0.180. The molecule has 0 bridgehead atoms. The molecule has 1 rings (SSSR count). The largest absolute Gasteiger partial charge is 0.466 e. The van der Waals surface area contributed by atoms with Gasteiger partial charge in [-0.1, -0.05) is 13.8 Å². The van der Waals surface area contributed by atoms with Crippen LogP contribution in [0.1, 0.15) is 33.6 Å². The molecule has 3 heteroatoms. The van der Waals surface area contributed by atoms with Crippen LogP contribution in [0.3, 0.4) is 0 Å². The van der Waals surface area contributed by atoms with Crippen LogP contribution in [0.15, 0.2) is 0 Å². The average molecular weight is 185 g/mol. The van der Waals surface area contributed by atoms with Crippen molar-refractivity contribution in [2.24, 2.45) is 5.41 Å². The summed E-state index contributed by atoms with van der Waals surface area (Å²) in [6, 6.07) is 0.437. The van der Waals surface area contributed by atoms with E-state index in [2.05, 4.69) is 19.2 Å². The Morgan fingerprint density at radius 3 is 2.54 bits per heavy atom. The second-order valence-electron chi connectivity index (χ2n) is 4.04. The van der Waals surface area contributed by atoms with Crippen LogP contribution in [-0.4, -0.2) is 25.2 Å². The lowest BCUT2D eigenvalue weighted by Gasteiger charge is -2.16. The fraction of sp³-hybridized carbons (Fsp3) is 0.900. The van der Waals surface area contributed by atoms with E-state index >= 15 is 0 Å². The van der Waals surface area contributed by atoms with Gasteiger partial charge in [0.1, 0.15) is 0 Å². The maximum absolute atomic E-state index is 11.5. The van der Waals surface area contributed by atoms with Gasteiger partial charge in [0.15, 0.2) is 0 Å². The number of hydrogen-bond donors (Lipinski definition) is 1. The molecule has 0 aromatic heterocycles. The Labute approximate surface area is 79.8 Å². The van der Waals surface area contributed by atoms with Crippen molar-refractivity contribution in [3.05, 3.63) is 0 Å². The summed E-state index contributed by atoms with van der Waals surface area (Å²) in [5, 5.41) is 3.29. The van der Waals surface area contributed by atoms with E-state index in [0.29, 0.717) is 12.6 Å². The van der Waals surface area contributed by atoms with E-state index in [0.717, 1.165) is 19.4 Å². The smallest absolute Gasteiger partial charge is 0.313 e. The number of ether oxygens (including phenoxy) is 1. The Morgan fingerprint density at radius 1 is 1.54 bits per heavy atom. The zero-order chi connectivity index (χ0) is 9.90. The van der Waals surface area contributed by atoms with Crippen LogP contribution in [0.4, 0.5) is 0 Å². The molecule has 0 aliphatic heterocycles. The maximum Gasteiger partial charge on any atom is 0.313 e. The molecule has 1 aliphatic carbocycles. The molecule has 3 nitrogen and oxygen atoms in total. The van der Waals surface area contributed by atoms with Crippen molar-refractivity contribution in [1.29, 1.82) is 0 Å². The summed E-state index contributed by atoms with van der Waals surface area (Å²) >= 11 is 0. The summed E-state index contributed by atoms with van der Waals surface area (Å²) in [6.45, 7) is 7.28. The molecule has 0 aromatic carbocycles. The fourth-order valence-electron chi connectivity index (χ4n) is 1.29.